The summed E-state index contributed by atoms with van der Waals surface area (Å²) in [6.45, 7) is 7.68. The molecular weight excluding hydrogens is 408 g/mol. The summed E-state index contributed by atoms with van der Waals surface area (Å²) < 4.78 is 6.48. The van der Waals surface area contributed by atoms with Gasteiger partial charge in [0.15, 0.2) is 0 Å². The maximum Gasteiger partial charge on any atom is 0.147 e. The zero-order valence-corrected chi connectivity index (χ0v) is 18.4. The molecule has 31 heavy (non-hydrogen) atoms. The van der Waals surface area contributed by atoms with Crippen LogP contribution < -0.4 is 5.32 Å². The molecule has 1 fully saturated rings. The van der Waals surface area contributed by atoms with E-state index in [1.54, 1.807) is 11.3 Å². The first kappa shape index (κ1) is 19.8. The normalized spacial score (nSPS) is 14.3. The van der Waals surface area contributed by atoms with Gasteiger partial charge in [0.05, 0.1) is 23.6 Å². The lowest BCUT2D eigenvalue weighted by Crippen LogP contribution is -2.40. The predicted molar refractivity (Wildman–Crippen MR) is 125 cm³/mol. The van der Waals surface area contributed by atoms with Crippen LogP contribution in [-0.4, -0.2) is 52.2 Å². The van der Waals surface area contributed by atoms with E-state index in [1.807, 2.05) is 25.3 Å². The number of hydrogen-bond donors (Lipinski definition) is 2. The summed E-state index contributed by atoms with van der Waals surface area (Å²) in [5.74, 6) is 1.42. The molecule has 1 aliphatic rings. The Labute approximate surface area is 184 Å². The van der Waals surface area contributed by atoms with Gasteiger partial charge in [0.2, 0.25) is 0 Å². The fourth-order valence-electron chi connectivity index (χ4n) is 3.88. The molecule has 0 spiro atoms. The first-order chi connectivity index (χ1) is 15.1. The Hall–Kier alpha value is -3.10. The van der Waals surface area contributed by atoms with Crippen LogP contribution >= 0.6 is 11.3 Å². The van der Waals surface area contributed by atoms with Gasteiger partial charge < -0.3 is 15.0 Å². The summed E-state index contributed by atoms with van der Waals surface area (Å²) in [7, 11) is 0. The van der Waals surface area contributed by atoms with Crippen molar-refractivity contribution >= 4 is 43.3 Å². The first-order valence-electron chi connectivity index (χ1n) is 10.4. The first-order valence-corrected chi connectivity index (χ1v) is 11.2. The van der Waals surface area contributed by atoms with Gasteiger partial charge in [0.25, 0.3) is 0 Å². The van der Waals surface area contributed by atoms with Gasteiger partial charge in [-0.2, -0.15) is 5.10 Å². The molecule has 2 N–H and O–H groups in total. The molecular formula is C23H24N6OS. The van der Waals surface area contributed by atoms with Gasteiger partial charge >= 0.3 is 0 Å². The van der Waals surface area contributed by atoms with Gasteiger partial charge in [-0.15, -0.1) is 16.4 Å². The largest absolute Gasteiger partial charge is 0.378 e. The number of benzene rings is 1. The van der Waals surface area contributed by atoms with Crippen LogP contribution in [0, 0.1) is 19.3 Å². The minimum absolute atomic E-state index is 0.561. The fraction of sp³-hybridized carbons (Fsp3) is 0.304. The highest BCUT2D eigenvalue weighted by molar-refractivity contribution is 7.26. The van der Waals surface area contributed by atoms with E-state index in [2.05, 4.69) is 50.5 Å². The summed E-state index contributed by atoms with van der Waals surface area (Å²) in [4.78, 5) is 7.58. The summed E-state index contributed by atoms with van der Waals surface area (Å²) >= 11 is 1.63. The highest BCUT2D eigenvalue weighted by atomic mass is 32.1. The van der Waals surface area contributed by atoms with Crippen molar-refractivity contribution in [3.8, 4) is 0 Å². The molecule has 1 saturated heterocycles. The second kappa shape index (κ2) is 8.20. The van der Waals surface area contributed by atoms with Gasteiger partial charge in [-0.1, -0.05) is 24.3 Å². The van der Waals surface area contributed by atoms with Gasteiger partial charge in [0.1, 0.15) is 16.5 Å². The second-order valence-corrected chi connectivity index (χ2v) is 8.73. The summed E-state index contributed by atoms with van der Waals surface area (Å²) in [6.07, 6.45) is 1.85. The van der Waals surface area contributed by atoms with E-state index in [0.717, 1.165) is 45.3 Å². The molecule has 0 saturated carbocycles. The van der Waals surface area contributed by atoms with Crippen LogP contribution in [0.3, 0.4) is 0 Å². The van der Waals surface area contributed by atoms with Crippen LogP contribution in [0.15, 0.2) is 36.5 Å². The summed E-state index contributed by atoms with van der Waals surface area (Å²) in [5.41, 5.74) is 4.21. The Morgan fingerprint density at radius 1 is 1.13 bits per heavy atom. The molecule has 3 aromatic heterocycles. The van der Waals surface area contributed by atoms with Crippen molar-refractivity contribution in [2.75, 3.05) is 31.6 Å². The predicted octanol–water partition coefficient (Wildman–Crippen LogP) is 4.13. The van der Waals surface area contributed by atoms with Crippen molar-refractivity contribution in [3.05, 3.63) is 58.9 Å². The average Bonchev–Trinajstić information content (AvgIpc) is 3.20. The van der Waals surface area contributed by atoms with Crippen molar-refractivity contribution < 1.29 is 4.74 Å². The van der Waals surface area contributed by atoms with E-state index < -0.39 is 0 Å². The maximum atomic E-state index is 8.44. The van der Waals surface area contributed by atoms with E-state index in [1.165, 1.54) is 16.3 Å². The minimum atomic E-state index is 0.561. The zero-order chi connectivity index (χ0) is 21.4. The Bertz CT molecular complexity index is 1260. The quantitative estimate of drug-likeness (QED) is 0.373. The highest BCUT2D eigenvalue weighted by Gasteiger charge is 2.16. The van der Waals surface area contributed by atoms with E-state index >= 15 is 0 Å². The number of nitrogens with one attached hydrogen (secondary N) is 2. The lowest BCUT2D eigenvalue weighted by atomic mass is 10.1. The van der Waals surface area contributed by atoms with Gasteiger partial charge in [-0.05, 0) is 31.0 Å². The van der Waals surface area contributed by atoms with E-state index in [0.29, 0.717) is 25.6 Å². The molecule has 4 heterocycles. The Balaban J connectivity index is 1.35. The SMILES string of the molecule is Cc1nnc2sc3c(NCc4ccc(C(=N)N5CCOCC5)cc4)nccc3c2c1C. The molecule has 8 heteroatoms. The topological polar surface area (TPSA) is 87.0 Å². The molecule has 4 aromatic rings. The lowest BCUT2D eigenvalue weighted by Gasteiger charge is -2.29. The second-order valence-electron chi connectivity index (χ2n) is 7.73. The molecule has 5 rings (SSSR count). The van der Waals surface area contributed by atoms with Crippen LogP contribution in [0.4, 0.5) is 5.82 Å². The number of thiophene rings is 1. The third kappa shape index (κ3) is 3.73. The van der Waals surface area contributed by atoms with Gasteiger partial charge in [-0.3, -0.25) is 5.41 Å². The van der Waals surface area contributed by atoms with Crippen molar-refractivity contribution in [3.63, 3.8) is 0 Å². The zero-order valence-electron chi connectivity index (χ0n) is 17.6. The van der Waals surface area contributed by atoms with E-state index in [4.69, 9.17) is 10.1 Å². The number of pyridine rings is 1. The average molecular weight is 433 g/mol. The van der Waals surface area contributed by atoms with Crippen molar-refractivity contribution in [1.82, 2.24) is 20.1 Å². The van der Waals surface area contributed by atoms with Crippen LogP contribution in [0.25, 0.3) is 20.3 Å². The number of morpholine rings is 1. The number of rotatable bonds is 4. The molecule has 0 unspecified atom stereocenters. The smallest absolute Gasteiger partial charge is 0.147 e. The van der Waals surface area contributed by atoms with E-state index in [9.17, 15) is 0 Å². The van der Waals surface area contributed by atoms with Gasteiger partial charge in [0, 0.05) is 42.2 Å². The van der Waals surface area contributed by atoms with Crippen LogP contribution in [0.2, 0.25) is 0 Å². The molecule has 0 atom stereocenters. The molecule has 158 valence electrons. The van der Waals surface area contributed by atoms with Crippen LogP contribution in [0.5, 0.6) is 0 Å². The van der Waals surface area contributed by atoms with Gasteiger partial charge in [-0.25, -0.2) is 4.98 Å². The maximum absolute atomic E-state index is 8.44. The number of fused-ring (bicyclic) bond motifs is 3. The number of anilines is 1. The minimum Gasteiger partial charge on any atom is -0.378 e. The Morgan fingerprint density at radius 2 is 1.90 bits per heavy atom. The fourth-order valence-corrected chi connectivity index (χ4v) is 5.02. The molecule has 0 radical (unpaired) electrons. The molecule has 0 aliphatic carbocycles. The molecule has 0 bridgehead atoms. The summed E-state index contributed by atoms with van der Waals surface area (Å²) in [5, 5.41) is 22.9. The monoisotopic (exact) mass is 432 g/mol. The van der Waals surface area contributed by atoms with Crippen molar-refractivity contribution in [1.29, 1.82) is 5.41 Å². The third-order valence-corrected chi connectivity index (χ3v) is 6.91. The van der Waals surface area contributed by atoms with Crippen molar-refractivity contribution in [2.24, 2.45) is 0 Å². The third-order valence-electron chi connectivity index (χ3n) is 5.81. The summed E-state index contributed by atoms with van der Waals surface area (Å²) in [6, 6.07) is 10.2. The lowest BCUT2D eigenvalue weighted by molar-refractivity contribution is 0.0680. The van der Waals surface area contributed by atoms with E-state index in [-0.39, 0.29) is 0 Å². The number of amidine groups is 1. The number of nitrogens with zero attached hydrogens (tertiary/aromatic N) is 4. The standard InChI is InChI=1S/C23H24N6OS/c1-14-15(2)27-28-23-19(14)18-7-8-25-22(20(18)31-23)26-13-16-3-5-17(6-4-16)21(24)29-9-11-30-12-10-29/h3-8,24H,9-13H2,1-2H3,(H,25,26). The highest BCUT2D eigenvalue weighted by Crippen LogP contribution is 2.37. The van der Waals surface area contributed by atoms with Crippen LogP contribution in [0.1, 0.15) is 22.4 Å². The van der Waals surface area contributed by atoms with Crippen LogP contribution in [-0.2, 0) is 11.3 Å². The number of ether oxygens (including phenoxy) is 1. The Kier molecular flexibility index (Phi) is 5.25. The number of hydrogen-bond acceptors (Lipinski definition) is 7. The molecule has 7 nitrogen and oxygen atoms in total. The molecule has 1 aliphatic heterocycles. The Morgan fingerprint density at radius 3 is 2.68 bits per heavy atom. The number of aromatic nitrogens is 3. The number of aryl methyl sites for hydroxylation is 2. The molecule has 1 aromatic carbocycles. The van der Waals surface area contributed by atoms with Crippen molar-refractivity contribution in [2.45, 2.75) is 20.4 Å². The molecule has 0 amide bonds.